The summed E-state index contributed by atoms with van der Waals surface area (Å²) in [4.78, 5) is 30.3. The van der Waals surface area contributed by atoms with E-state index in [-0.39, 0.29) is 11.9 Å². The van der Waals surface area contributed by atoms with Crippen molar-refractivity contribution in [2.24, 2.45) is 5.73 Å². The number of aromatic amines is 1. The molecule has 31 heavy (non-hydrogen) atoms. The molecule has 1 aliphatic heterocycles. The van der Waals surface area contributed by atoms with Crippen LogP contribution in [0.25, 0.3) is 10.9 Å². The number of hydrogen-bond donors (Lipinski definition) is 3. The van der Waals surface area contributed by atoms with Crippen LogP contribution in [0.5, 0.6) is 0 Å². The number of nitrogens with two attached hydrogens (primary N) is 1. The molecule has 2 unspecified atom stereocenters. The zero-order valence-corrected chi connectivity index (χ0v) is 18.4. The van der Waals surface area contributed by atoms with Gasteiger partial charge in [0.15, 0.2) is 6.10 Å². The van der Waals surface area contributed by atoms with Gasteiger partial charge in [0.05, 0.1) is 24.9 Å². The molecule has 5 rings (SSSR count). The van der Waals surface area contributed by atoms with Crippen LogP contribution in [0.4, 0.5) is 5.69 Å². The molecule has 0 radical (unpaired) electrons. The second-order valence-corrected chi connectivity index (χ2v) is 8.92. The van der Waals surface area contributed by atoms with Crippen LogP contribution in [0, 0.1) is 0 Å². The van der Waals surface area contributed by atoms with Crippen LogP contribution >= 0.6 is 15.9 Å². The lowest BCUT2D eigenvalue weighted by Crippen LogP contribution is -2.50. The minimum Gasteiger partial charge on any atom is -0.365 e. The summed E-state index contributed by atoms with van der Waals surface area (Å²) in [6.07, 6.45) is 1.23. The largest absolute Gasteiger partial charge is 0.365 e. The summed E-state index contributed by atoms with van der Waals surface area (Å²) < 4.78 is 6.71. The normalized spacial score (nSPS) is 20.6. The van der Waals surface area contributed by atoms with E-state index in [2.05, 4.69) is 38.4 Å². The summed E-state index contributed by atoms with van der Waals surface area (Å²) >= 11 is 3.50. The number of primary amides is 1. The van der Waals surface area contributed by atoms with Gasteiger partial charge >= 0.3 is 0 Å². The quantitative estimate of drug-likeness (QED) is 0.531. The lowest BCUT2D eigenvalue weighted by atomic mass is 10.1. The maximum atomic E-state index is 13.0. The third-order valence-electron chi connectivity index (χ3n) is 6.10. The van der Waals surface area contributed by atoms with Crippen LogP contribution in [0.1, 0.15) is 34.1 Å². The van der Waals surface area contributed by atoms with Crippen molar-refractivity contribution in [3.8, 4) is 0 Å². The van der Waals surface area contributed by atoms with Crippen molar-refractivity contribution in [2.45, 2.75) is 25.0 Å². The number of nitrogens with one attached hydrogen (secondary N) is 2. The molecule has 2 aliphatic rings. The number of amides is 2. The highest BCUT2D eigenvalue weighted by molar-refractivity contribution is 9.10. The van der Waals surface area contributed by atoms with Crippen LogP contribution in [0.2, 0.25) is 0 Å². The molecule has 3 aromatic rings. The summed E-state index contributed by atoms with van der Waals surface area (Å²) in [5, 5.41) is 4.04. The Kier molecular flexibility index (Phi) is 5.19. The van der Waals surface area contributed by atoms with Gasteiger partial charge in [-0.05, 0) is 42.2 Å². The first-order valence-electron chi connectivity index (χ1n) is 10.4. The van der Waals surface area contributed by atoms with E-state index < -0.39 is 12.0 Å². The molecule has 0 spiro atoms. The predicted molar refractivity (Wildman–Crippen MR) is 122 cm³/mol. The Morgan fingerprint density at radius 2 is 2.06 bits per heavy atom. The molecule has 4 N–H and O–H groups in total. The fourth-order valence-corrected chi connectivity index (χ4v) is 5.00. The maximum absolute atomic E-state index is 13.0. The van der Waals surface area contributed by atoms with E-state index in [1.807, 2.05) is 35.2 Å². The minimum absolute atomic E-state index is 0.00732. The first kappa shape index (κ1) is 20.1. The zero-order chi connectivity index (χ0) is 21.5. The maximum Gasteiger partial charge on any atom is 0.267 e. The third-order valence-corrected chi connectivity index (χ3v) is 6.60. The lowest BCUT2D eigenvalue weighted by molar-refractivity contribution is -0.134. The predicted octanol–water partition coefficient (Wildman–Crippen LogP) is 3.04. The smallest absolute Gasteiger partial charge is 0.267 e. The molecule has 1 aliphatic carbocycles. The molecule has 8 heteroatoms. The van der Waals surface area contributed by atoms with Gasteiger partial charge in [-0.3, -0.25) is 9.59 Å². The van der Waals surface area contributed by atoms with Gasteiger partial charge in [-0.15, -0.1) is 0 Å². The Morgan fingerprint density at radius 1 is 1.23 bits per heavy atom. The second kappa shape index (κ2) is 8.01. The first-order valence-corrected chi connectivity index (χ1v) is 11.2. The number of ether oxygens (including phenoxy) is 1. The number of hydrogen-bond acceptors (Lipinski definition) is 4. The highest BCUT2D eigenvalue weighted by Crippen LogP contribution is 2.35. The average Bonchev–Trinajstić information content (AvgIpc) is 3.35. The number of aromatic nitrogens is 1. The number of rotatable bonds is 4. The van der Waals surface area contributed by atoms with Gasteiger partial charge in [0.2, 0.25) is 0 Å². The number of carbonyl (C=O) groups excluding carboxylic acids is 2. The zero-order valence-electron chi connectivity index (χ0n) is 16.9. The van der Waals surface area contributed by atoms with E-state index in [1.165, 1.54) is 11.1 Å². The summed E-state index contributed by atoms with van der Waals surface area (Å²) in [5.41, 5.74) is 10.0. The van der Waals surface area contributed by atoms with Gasteiger partial charge in [0.1, 0.15) is 5.69 Å². The Hall–Kier alpha value is -2.84. The molecule has 160 valence electrons. The molecule has 7 nitrogen and oxygen atoms in total. The second-order valence-electron chi connectivity index (χ2n) is 8.01. The van der Waals surface area contributed by atoms with E-state index in [4.69, 9.17) is 10.5 Å². The van der Waals surface area contributed by atoms with Gasteiger partial charge in [-0.1, -0.05) is 40.2 Å². The number of anilines is 1. The lowest BCUT2D eigenvalue weighted by Gasteiger charge is -2.34. The fraction of sp³-hybridized carbons (Fsp3) is 0.304. The summed E-state index contributed by atoms with van der Waals surface area (Å²) in [7, 11) is 0. The molecule has 1 fully saturated rings. The van der Waals surface area contributed by atoms with Gasteiger partial charge in [0, 0.05) is 21.9 Å². The molecule has 0 bridgehead atoms. The monoisotopic (exact) mass is 482 g/mol. The number of H-pyrrole nitrogens is 1. The van der Waals surface area contributed by atoms with E-state index >= 15 is 0 Å². The molecule has 2 aromatic carbocycles. The van der Waals surface area contributed by atoms with Crippen molar-refractivity contribution < 1.29 is 14.3 Å². The highest BCUT2D eigenvalue weighted by atomic mass is 79.9. The van der Waals surface area contributed by atoms with Crippen molar-refractivity contribution in [3.05, 3.63) is 63.8 Å². The molecule has 2 heterocycles. The molecule has 1 aromatic heterocycles. The van der Waals surface area contributed by atoms with E-state index in [0.29, 0.717) is 25.4 Å². The van der Waals surface area contributed by atoms with Crippen LogP contribution in [0.15, 0.2) is 46.9 Å². The molecule has 2 amide bonds. The fourth-order valence-electron chi connectivity index (χ4n) is 4.64. The molecular formula is C23H23BrN4O3. The molecule has 1 saturated heterocycles. The number of halogens is 1. The Balaban J connectivity index is 1.39. The summed E-state index contributed by atoms with van der Waals surface area (Å²) in [5.74, 6) is -0.662. The number of benzene rings is 2. The Labute approximate surface area is 188 Å². The van der Waals surface area contributed by atoms with Gasteiger partial charge < -0.3 is 25.7 Å². The SMILES string of the molecule is NC(=O)c1[nH]c2ccc(Br)cc2c1N1CCOC(C(=O)NC2CCc3ccccc32)C1. The van der Waals surface area contributed by atoms with Crippen LogP contribution in [-0.2, 0) is 16.0 Å². The topological polar surface area (TPSA) is 100 Å². The van der Waals surface area contributed by atoms with E-state index in [0.717, 1.165) is 33.9 Å². The van der Waals surface area contributed by atoms with E-state index in [1.54, 1.807) is 0 Å². The highest BCUT2D eigenvalue weighted by Gasteiger charge is 2.33. The molecular weight excluding hydrogens is 460 g/mol. The van der Waals surface area contributed by atoms with Crippen molar-refractivity contribution >= 4 is 44.3 Å². The van der Waals surface area contributed by atoms with Crippen molar-refractivity contribution in [1.29, 1.82) is 0 Å². The number of fused-ring (bicyclic) bond motifs is 2. The minimum atomic E-state index is -0.626. The molecule has 2 atom stereocenters. The molecule has 0 saturated carbocycles. The third kappa shape index (κ3) is 3.70. The van der Waals surface area contributed by atoms with Gasteiger partial charge in [-0.2, -0.15) is 0 Å². The Bertz CT molecular complexity index is 1170. The van der Waals surface area contributed by atoms with Gasteiger partial charge in [-0.25, -0.2) is 0 Å². The number of carbonyl (C=O) groups is 2. The van der Waals surface area contributed by atoms with Crippen molar-refractivity contribution in [3.63, 3.8) is 0 Å². The Morgan fingerprint density at radius 3 is 2.90 bits per heavy atom. The average molecular weight is 483 g/mol. The van der Waals surface area contributed by atoms with Gasteiger partial charge in [0.25, 0.3) is 11.8 Å². The summed E-state index contributed by atoms with van der Waals surface area (Å²) in [6, 6.07) is 14.0. The summed E-state index contributed by atoms with van der Waals surface area (Å²) in [6.45, 7) is 1.30. The van der Waals surface area contributed by atoms with Crippen LogP contribution in [-0.4, -0.2) is 42.6 Å². The number of morpholine rings is 1. The van der Waals surface area contributed by atoms with Crippen molar-refractivity contribution in [2.75, 3.05) is 24.6 Å². The van der Waals surface area contributed by atoms with Crippen LogP contribution in [0.3, 0.4) is 0 Å². The van der Waals surface area contributed by atoms with Crippen molar-refractivity contribution in [1.82, 2.24) is 10.3 Å². The van der Waals surface area contributed by atoms with Crippen LogP contribution < -0.4 is 16.0 Å². The first-order chi connectivity index (χ1) is 15.0. The number of aryl methyl sites for hydroxylation is 1. The van der Waals surface area contributed by atoms with E-state index in [9.17, 15) is 9.59 Å². The number of nitrogens with zero attached hydrogens (tertiary/aromatic N) is 1. The standard InChI is InChI=1S/C23H23BrN4O3/c24-14-6-8-18-16(11-14)21(20(26-18)22(25)29)28-9-10-31-19(12-28)23(30)27-17-7-5-13-3-1-2-4-15(13)17/h1-4,6,8,11,17,19,26H,5,7,9-10,12H2,(H2,25,29)(H,27,30).